The van der Waals surface area contributed by atoms with Crippen LogP contribution in [0.2, 0.25) is 0 Å². The number of aromatic nitrogens is 2. The molecule has 1 aliphatic heterocycles. The monoisotopic (exact) mass is 304 g/mol. The maximum Gasteiger partial charge on any atom is 0.124 e. The minimum absolute atomic E-state index is 0.489. The van der Waals surface area contributed by atoms with Gasteiger partial charge in [0.25, 0.3) is 0 Å². The molecule has 0 radical (unpaired) electrons. The van der Waals surface area contributed by atoms with E-state index in [1.807, 2.05) is 24.4 Å². The second-order valence-corrected chi connectivity index (χ2v) is 6.16. The largest absolute Gasteiger partial charge is 0.493 e. The normalized spacial score (nSPS) is 14.5. The van der Waals surface area contributed by atoms with Crippen LogP contribution in [0.5, 0.6) is 5.75 Å². The Balaban J connectivity index is 2.02. The zero-order chi connectivity index (χ0) is 15.8. The number of benzene rings is 1. The third kappa shape index (κ3) is 2.37. The van der Waals surface area contributed by atoms with Crippen LogP contribution in [0.1, 0.15) is 37.3 Å². The van der Waals surface area contributed by atoms with Gasteiger partial charge in [-0.1, -0.05) is 19.9 Å². The molecule has 3 aromatic rings. The standard InChI is InChI=1S/C20H20N2O/c1-3-13(2)16-12-18(17-6-4-5-10-21-17)22-20-14(16)7-8-19-15(20)9-11-23-19/h4-8,10,12-13H,3,9,11H2,1-2H3. The highest BCUT2D eigenvalue weighted by atomic mass is 16.5. The number of fused-ring (bicyclic) bond motifs is 3. The van der Waals surface area contributed by atoms with Crippen molar-refractivity contribution < 1.29 is 4.74 Å². The molecule has 116 valence electrons. The number of pyridine rings is 2. The smallest absolute Gasteiger partial charge is 0.124 e. The summed E-state index contributed by atoms with van der Waals surface area (Å²) >= 11 is 0. The maximum atomic E-state index is 5.72. The van der Waals surface area contributed by atoms with Crippen molar-refractivity contribution in [3.63, 3.8) is 0 Å². The first kappa shape index (κ1) is 14.2. The van der Waals surface area contributed by atoms with Crippen LogP contribution < -0.4 is 4.74 Å². The van der Waals surface area contributed by atoms with Crippen LogP contribution in [0.15, 0.2) is 42.6 Å². The summed E-state index contributed by atoms with van der Waals surface area (Å²) in [6.07, 6.45) is 3.86. The lowest BCUT2D eigenvalue weighted by Crippen LogP contribution is -1.99. The SMILES string of the molecule is CCC(C)c1cc(-c2ccccn2)nc2c3c(ccc12)OCC3. The van der Waals surface area contributed by atoms with Gasteiger partial charge in [0, 0.05) is 23.6 Å². The van der Waals surface area contributed by atoms with Gasteiger partial charge in [-0.15, -0.1) is 0 Å². The lowest BCUT2D eigenvalue weighted by molar-refractivity contribution is 0.357. The van der Waals surface area contributed by atoms with Gasteiger partial charge in [0.1, 0.15) is 5.75 Å². The molecule has 0 saturated carbocycles. The molecule has 1 atom stereocenters. The lowest BCUT2D eigenvalue weighted by Gasteiger charge is -2.16. The molecule has 1 aliphatic rings. The van der Waals surface area contributed by atoms with Crippen molar-refractivity contribution >= 4 is 10.9 Å². The van der Waals surface area contributed by atoms with Gasteiger partial charge in [-0.3, -0.25) is 4.98 Å². The van der Waals surface area contributed by atoms with E-state index in [9.17, 15) is 0 Å². The van der Waals surface area contributed by atoms with Crippen LogP contribution in [-0.4, -0.2) is 16.6 Å². The van der Waals surface area contributed by atoms with Crippen molar-refractivity contribution in [1.82, 2.24) is 9.97 Å². The Morgan fingerprint density at radius 3 is 2.87 bits per heavy atom. The van der Waals surface area contributed by atoms with E-state index in [-0.39, 0.29) is 0 Å². The van der Waals surface area contributed by atoms with E-state index in [1.165, 1.54) is 16.5 Å². The minimum atomic E-state index is 0.489. The van der Waals surface area contributed by atoms with Gasteiger partial charge in [0.2, 0.25) is 0 Å². The van der Waals surface area contributed by atoms with Crippen LogP contribution in [0.25, 0.3) is 22.3 Å². The number of hydrogen-bond acceptors (Lipinski definition) is 3. The van der Waals surface area contributed by atoms with Gasteiger partial charge < -0.3 is 4.74 Å². The third-order valence-corrected chi connectivity index (χ3v) is 4.76. The Labute approximate surface area is 136 Å². The molecule has 0 spiro atoms. The van der Waals surface area contributed by atoms with Gasteiger partial charge in [-0.05, 0) is 48.2 Å². The molecule has 3 heterocycles. The Hall–Kier alpha value is -2.42. The first-order valence-corrected chi connectivity index (χ1v) is 8.28. The summed E-state index contributed by atoms with van der Waals surface area (Å²) in [5, 5.41) is 1.25. The Morgan fingerprint density at radius 2 is 2.09 bits per heavy atom. The summed E-state index contributed by atoms with van der Waals surface area (Å²) in [6, 6.07) is 12.4. The second kappa shape index (κ2) is 5.65. The molecule has 1 unspecified atom stereocenters. The number of hydrogen-bond donors (Lipinski definition) is 0. The van der Waals surface area contributed by atoms with Gasteiger partial charge >= 0.3 is 0 Å². The average Bonchev–Trinajstić information content (AvgIpc) is 3.10. The number of ether oxygens (including phenoxy) is 1. The Kier molecular flexibility index (Phi) is 3.49. The third-order valence-electron chi connectivity index (χ3n) is 4.76. The fourth-order valence-corrected chi connectivity index (χ4v) is 3.27. The van der Waals surface area contributed by atoms with Crippen molar-refractivity contribution in [2.24, 2.45) is 0 Å². The van der Waals surface area contributed by atoms with Crippen molar-refractivity contribution in [2.45, 2.75) is 32.6 Å². The molecule has 3 heteroatoms. The first-order chi connectivity index (χ1) is 11.3. The summed E-state index contributed by atoms with van der Waals surface area (Å²) in [4.78, 5) is 9.43. The summed E-state index contributed by atoms with van der Waals surface area (Å²) in [7, 11) is 0. The van der Waals surface area contributed by atoms with Crippen molar-refractivity contribution in [3.8, 4) is 17.1 Å². The van der Waals surface area contributed by atoms with Crippen LogP contribution in [0.3, 0.4) is 0 Å². The zero-order valence-corrected chi connectivity index (χ0v) is 13.5. The molecule has 0 saturated heterocycles. The molecule has 1 aromatic carbocycles. The fourth-order valence-electron chi connectivity index (χ4n) is 3.27. The molecule has 0 fully saturated rings. The number of rotatable bonds is 3. The van der Waals surface area contributed by atoms with Crippen LogP contribution in [0, 0.1) is 0 Å². The topological polar surface area (TPSA) is 35.0 Å². The zero-order valence-electron chi connectivity index (χ0n) is 13.5. The van der Waals surface area contributed by atoms with Gasteiger partial charge in [0.05, 0.1) is 23.5 Å². The lowest BCUT2D eigenvalue weighted by atomic mass is 9.92. The quantitative estimate of drug-likeness (QED) is 0.700. The van der Waals surface area contributed by atoms with Crippen LogP contribution in [0.4, 0.5) is 0 Å². The highest BCUT2D eigenvalue weighted by Gasteiger charge is 2.20. The van der Waals surface area contributed by atoms with Gasteiger partial charge in [-0.25, -0.2) is 4.98 Å². The van der Waals surface area contributed by atoms with Crippen molar-refractivity contribution in [1.29, 1.82) is 0 Å². The van der Waals surface area contributed by atoms with Crippen LogP contribution in [-0.2, 0) is 6.42 Å². The molecule has 0 amide bonds. The first-order valence-electron chi connectivity index (χ1n) is 8.28. The molecule has 23 heavy (non-hydrogen) atoms. The molecule has 4 rings (SSSR count). The maximum absolute atomic E-state index is 5.72. The van der Waals surface area contributed by atoms with E-state index in [4.69, 9.17) is 9.72 Å². The molecular weight excluding hydrogens is 284 g/mol. The van der Waals surface area contributed by atoms with E-state index in [1.54, 1.807) is 0 Å². The van der Waals surface area contributed by atoms with Crippen molar-refractivity contribution in [3.05, 3.63) is 53.7 Å². The van der Waals surface area contributed by atoms with E-state index < -0.39 is 0 Å². The second-order valence-electron chi connectivity index (χ2n) is 6.16. The molecule has 2 aromatic heterocycles. The minimum Gasteiger partial charge on any atom is -0.493 e. The summed E-state index contributed by atoms with van der Waals surface area (Å²) in [6.45, 7) is 5.26. The van der Waals surface area contributed by atoms with E-state index in [0.717, 1.165) is 42.1 Å². The molecular formula is C20H20N2O. The predicted molar refractivity (Wildman–Crippen MR) is 92.9 cm³/mol. The Bertz CT molecular complexity index is 858. The highest BCUT2D eigenvalue weighted by Crippen LogP contribution is 2.37. The fraction of sp³-hybridized carbons (Fsp3) is 0.300. The van der Waals surface area contributed by atoms with Crippen LogP contribution >= 0.6 is 0 Å². The number of nitrogens with zero attached hydrogens (tertiary/aromatic N) is 2. The predicted octanol–water partition coefficient (Wildman–Crippen LogP) is 4.75. The molecule has 0 N–H and O–H groups in total. The van der Waals surface area contributed by atoms with E-state index >= 15 is 0 Å². The Morgan fingerprint density at radius 1 is 1.17 bits per heavy atom. The summed E-state index contributed by atoms with van der Waals surface area (Å²) in [5.41, 5.74) is 5.56. The van der Waals surface area contributed by atoms with Gasteiger partial charge in [-0.2, -0.15) is 0 Å². The summed E-state index contributed by atoms with van der Waals surface area (Å²) < 4.78 is 5.72. The average molecular weight is 304 g/mol. The van der Waals surface area contributed by atoms with Crippen molar-refractivity contribution in [2.75, 3.05) is 6.61 Å². The van der Waals surface area contributed by atoms with E-state index in [2.05, 4.69) is 37.0 Å². The van der Waals surface area contributed by atoms with E-state index in [0.29, 0.717) is 5.92 Å². The molecule has 0 aliphatic carbocycles. The summed E-state index contributed by atoms with van der Waals surface area (Å²) in [5.74, 6) is 1.47. The van der Waals surface area contributed by atoms with Gasteiger partial charge in [0.15, 0.2) is 0 Å². The molecule has 3 nitrogen and oxygen atoms in total. The highest BCUT2D eigenvalue weighted by molar-refractivity contribution is 5.90. The molecule has 0 bridgehead atoms.